The molecular weight excluding hydrogens is 344 g/mol. The Kier molecular flexibility index (Phi) is 4.12. The van der Waals surface area contributed by atoms with Crippen LogP contribution in [0.1, 0.15) is 23.0 Å². The number of allylic oxidation sites excluding steroid dienone is 4. The smallest absolute Gasteiger partial charge is 0.171 e. The fourth-order valence-electron chi connectivity index (χ4n) is 3.24. The summed E-state index contributed by atoms with van der Waals surface area (Å²) >= 11 is 0. The predicted molar refractivity (Wildman–Crippen MR) is 96.7 cm³/mol. The van der Waals surface area contributed by atoms with Crippen molar-refractivity contribution in [2.75, 3.05) is 0 Å². The molecule has 2 aromatic rings. The largest absolute Gasteiger partial charge is 0.457 e. The molecule has 2 aliphatic carbocycles. The monoisotopic (exact) mass is 358 g/mol. The van der Waals surface area contributed by atoms with Crippen LogP contribution in [0.5, 0.6) is 11.5 Å². The normalized spacial score (nSPS) is 17.3. The van der Waals surface area contributed by atoms with E-state index >= 15 is 0 Å². The number of ether oxygens (including phenoxy) is 1. The highest BCUT2D eigenvalue weighted by atomic mass is 16.5. The van der Waals surface area contributed by atoms with E-state index in [-0.39, 0.29) is 23.1 Å². The van der Waals surface area contributed by atoms with Crippen molar-refractivity contribution in [3.8, 4) is 11.5 Å². The quantitative estimate of drug-likeness (QED) is 0.785. The van der Waals surface area contributed by atoms with Crippen molar-refractivity contribution in [1.29, 1.82) is 0 Å². The number of ketones is 4. The average Bonchev–Trinajstić information content (AvgIpc) is 3.18. The summed E-state index contributed by atoms with van der Waals surface area (Å²) < 4.78 is 5.75. The van der Waals surface area contributed by atoms with Crippen molar-refractivity contribution >= 4 is 23.1 Å². The molecule has 0 atom stereocenters. The topological polar surface area (TPSA) is 77.5 Å². The molecular formula is C22H14O5. The molecule has 0 bridgehead atoms. The summed E-state index contributed by atoms with van der Waals surface area (Å²) in [4.78, 5) is 47.0. The first kappa shape index (κ1) is 16.8. The van der Waals surface area contributed by atoms with Gasteiger partial charge >= 0.3 is 0 Å². The number of benzene rings is 2. The van der Waals surface area contributed by atoms with E-state index in [4.69, 9.17) is 4.74 Å². The van der Waals surface area contributed by atoms with Crippen LogP contribution in [0.4, 0.5) is 0 Å². The van der Waals surface area contributed by atoms with Gasteiger partial charge in [-0.3, -0.25) is 19.2 Å². The number of carbonyl (C=O) groups is 4. The van der Waals surface area contributed by atoms with Crippen LogP contribution in [0.2, 0.25) is 0 Å². The van der Waals surface area contributed by atoms with Crippen LogP contribution < -0.4 is 4.74 Å². The van der Waals surface area contributed by atoms with E-state index in [2.05, 4.69) is 0 Å². The Labute approximate surface area is 155 Å². The van der Waals surface area contributed by atoms with Crippen molar-refractivity contribution in [2.24, 2.45) is 0 Å². The van der Waals surface area contributed by atoms with Crippen molar-refractivity contribution in [1.82, 2.24) is 0 Å². The van der Waals surface area contributed by atoms with Crippen LogP contribution in [0.25, 0.3) is 0 Å². The molecule has 0 aromatic heterocycles. The predicted octanol–water partition coefficient (Wildman–Crippen LogP) is 3.06. The summed E-state index contributed by atoms with van der Waals surface area (Å²) in [5, 5.41) is 0. The van der Waals surface area contributed by atoms with E-state index in [1.54, 1.807) is 48.5 Å². The molecule has 0 saturated heterocycles. The molecule has 0 aliphatic heterocycles. The van der Waals surface area contributed by atoms with Crippen molar-refractivity contribution in [3.63, 3.8) is 0 Å². The lowest BCUT2D eigenvalue weighted by molar-refractivity contribution is -0.124. The molecule has 0 amide bonds. The Balaban J connectivity index is 1.47. The number of hydrogen-bond donors (Lipinski definition) is 0. The number of carbonyl (C=O) groups excluding carboxylic acids is 4. The minimum atomic E-state index is -0.756. The van der Waals surface area contributed by atoms with Crippen molar-refractivity contribution < 1.29 is 23.9 Å². The molecule has 0 fully saturated rings. The zero-order chi connectivity index (χ0) is 19.0. The van der Waals surface area contributed by atoms with Gasteiger partial charge in [0, 0.05) is 0 Å². The molecule has 0 saturated carbocycles. The molecule has 5 nitrogen and oxygen atoms in total. The zero-order valence-corrected chi connectivity index (χ0v) is 14.1. The van der Waals surface area contributed by atoms with Gasteiger partial charge in [-0.15, -0.1) is 0 Å². The SMILES string of the molecule is O=C1C=CC(=O)C1c1ccc(Oc2ccc(C3C(=O)C=CC3=O)cc2)cc1. The summed E-state index contributed by atoms with van der Waals surface area (Å²) in [7, 11) is 0. The number of hydrogen-bond acceptors (Lipinski definition) is 5. The standard InChI is InChI=1S/C22H14O5/c23-17-9-10-18(24)21(17)13-1-5-15(6-2-13)27-16-7-3-14(4-8-16)22-19(25)11-12-20(22)26/h1-12,21-22H. The average molecular weight is 358 g/mol. The van der Waals surface area contributed by atoms with E-state index in [0.29, 0.717) is 22.6 Å². The maximum Gasteiger partial charge on any atom is 0.171 e. The highest BCUT2D eigenvalue weighted by Crippen LogP contribution is 2.29. The van der Waals surface area contributed by atoms with Gasteiger partial charge in [-0.05, 0) is 59.7 Å². The minimum absolute atomic E-state index is 0.213. The number of rotatable bonds is 4. The van der Waals surface area contributed by atoms with Crippen LogP contribution in [-0.2, 0) is 19.2 Å². The van der Waals surface area contributed by atoms with Crippen LogP contribution in [-0.4, -0.2) is 23.1 Å². The third-order valence-corrected chi connectivity index (χ3v) is 4.62. The van der Waals surface area contributed by atoms with Gasteiger partial charge in [0.05, 0.1) is 0 Å². The minimum Gasteiger partial charge on any atom is -0.457 e. The highest BCUT2D eigenvalue weighted by Gasteiger charge is 2.30. The molecule has 4 rings (SSSR count). The molecule has 5 heteroatoms. The molecule has 0 radical (unpaired) electrons. The Morgan fingerprint density at radius 1 is 0.481 bits per heavy atom. The van der Waals surface area contributed by atoms with Gasteiger partial charge in [-0.25, -0.2) is 0 Å². The summed E-state index contributed by atoms with van der Waals surface area (Å²) in [5.74, 6) is -1.27. The molecule has 27 heavy (non-hydrogen) atoms. The fraction of sp³-hybridized carbons (Fsp3) is 0.0909. The van der Waals surface area contributed by atoms with E-state index < -0.39 is 11.8 Å². The van der Waals surface area contributed by atoms with Gasteiger partial charge in [0.25, 0.3) is 0 Å². The van der Waals surface area contributed by atoms with Crippen LogP contribution in [0, 0.1) is 0 Å². The molecule has 132 valence electrons. The van der Waals surface area contributed by atoms with E-state index in [9.17, 15) is 19.2 Å². The second-order valence-corrected chi connectivity index (χ2v) is 6.38. The maximum atomic E-state index is 11.8. The van der Waals surface area contributed by atoms with Crippen LogP contribution in [0.3, 0.4) is 0 Å². The molecule has 0 N–H and O–H groups in total. The highest BCUT2D eigenvalue weighted by molar-refractivity contribution is 6.23. The van der Waals surface area contributed by atoms with E-state index in [1.165, 1.54) is 24.3 Å². The molecule has 2 aromatic carbocycles. The van der Waals surface area contributed by atoms with Crippen molar-refractivity contribution in [3.05, 3.63) is 84.0 Å². The summed E-state index contributed by atoms with van der Waals surface area (Å²) in [6, 6.07) is 13.5. The second kappa shape index (κ2) is 6.61. The lowest BCUT2D eigenvalue weighted by atomic mass is 9.95. The molecule has 2 aliphatic rings. The first-order valence-electron chi connectivity index (χ1n) is 8.42. The summed E-state index contributed by atoms with van der Waals surface area (Å²) in [6.45, 7) is 0. The van der Waals surface area contributed by atoms with Gasteiger partial charge < -0.3 is 4.74 Å². The first-order valence-corrected chi connectivity index (χ1v) is 8.42. The van der Waals surface area contributed by atoms with Crippen LogP contribution in [0.15, 0.2) is 72.8 Å². The third-order valence-electron chi connectivity index (χ3n) is 4.62. The fourth-order valence-corrected chi connectivity index (χ4v) is 3.24. The maximum absolute atomic E-state index is 11.8. The first-order chi connectivity index (χ1) is 13.0. The Morgan fingerprint density at radius 3 is 1.07 bits per heavy atom. The zero-order valence-electron chi connectivity index (χ0n) is 14.1. The lowest BCUT2D eigenvalue weighted by Gasteiger charge is -2.11. The Morgan fingerprint density at radius 2 is 0.778 bits per heavy atom. The van der Waals surface area contributed by atoms with Gasteiger partial charge in [0.2, 0.25) is 0 Å². The van der Waals surface area contributed by atoms with E-state index in [0.717, 1.165) is 0 Å². The molecule has 0 heterocycles. The van der Waals surface area contributed by atoms with Crippen LogP contribution >= 0.6 is 0 Å². The van der Waals surface area contributed by atoms with Gasteiger partial charge in [0.15, 0.2) is 23.1 Å². The Bertz CT molecular complexity index is 890. The Hall–Kier alpha value is -3.60. The lowest BCUT2D eigenvalue weighted by Crippen LogP contribution is -2.12. The summed E-state index contributed by atoms with van der Waals surface area (Å²) in [6.07, 6.45) is 5.20. The van der Waals surface area contributed by atoms with Gasteiger partial charge in [-0.2, -0.15) is 0 Å². The molecule has 0 unspecified atom stereocenters. The summed E-state index contributed by atoms with van der Waals surface area (Å²) in [5.41, 5.74) is 1.26. The van der Waals surface area contributed by atoms with E-state index in [1.807, 2.05) is 0 Å². The van der Waals surface area contributed by atoms with Crippen molar-refractivity contribution in [2.45, 2.75) is 11.8 Å². The van der Waals surface area contributed by atoms with Gasteiger partial charge in [0.1, 0.15) is 23.3 Å². The molecule has 0 spiro atoms. The third kappa shape index (κ3) is 3.15. The van der Waals surface area contributed by atoms with Gasteiger partial charge in [-0.1, -0.05) is 24.3 Å². The second-order valence-electron chi connectivity index (χ2n) is 6.38.